The average molecular weight is 410 g/mol. The van der Waals surface area contributed by atoms with Gasteiger partial charge in [-0.1, -0.05) is 28.1 Å². The van der Waals surface area contributed by atoms with E-state index in [4.69, 9.17) is 9.47 Å². The van der Waals surface area contributed by atoms with E-state index in [9.17, 15) is 14.0 Å². The Morgan fingerprint density at radius 3 is 2.52 bits per heavy atom. The van der Waals surface area contributed by atoms with Crippen molar-refractivity contribution in [3.63, 3.8) is 0 Å². The normalized spacial score (nSPS) is 10.2. The van der Waals surface area contributed by atoms with Crippen LogP contribution in [0.15, 0.2) is 53.0 Å². The van der Waals surface area contributed by atoms with E-state index in [-0.39, 0.29) is 12.1 Å². The van der Waals surface area contributed by atoms with Crippen molar-refractivity contribution in [2.45, 2.75) is 12.8 Å². The number of anilines is 1. The van der Waals surface area contributed by atoms with Crippen LogP contribution in [-0.4, -0.2) is 25.1 Å². The molecule has 0 atom stereocenters. The Hall–Kier alpha value is -2.41. The smallest absolute Gasteiger partial charge is 0.306 e. The van der Waals surface area contributed by atoms with Gasteiger partial charge in [-0.2, -0.15) is 0 Å². The van der Waals surface area contributed by atoms with Gasteiger partial charge in [0, 0.05) is 10.9 Å². The van der Waals surface area contributed by atoms with E-state index >= 15 is 0 Å². The van der Waals surface area contributed by atoms with Gasteiger partial charge in [-0.25, -0.2) is 4.39 Å². The molecule has 0 aliphatic rings. The molecule has 2 aromatic carbocycles. The highest BCUT2D eigenvalue weighted by Gasteiger charge is 2.10. The molecule has 25 heavy (non-hydrogen) atoms. The van der Waals surface area contributed by atoms with Crippen LogP contribution in [0.1, 0.15) is 12.8 Å². The SMILES string of the molecule is O=C(COC(=O)CCCOc1ccc(Br)cc1)Nc1ccccc1F. The highest BCUT2D eigenvalue weighted by molar-refractivity contribution is 9.10. The lowest BCUT2D eigenvalue weighted by Gasteiger charge is -2.08. The van der Waals surface area contributed by atoms with Crippen molar-refractivity contribution in [2.75, 3.05) is 18.5 Å². The largest absolute Gasteiger partial charge is 0.494 e. The van der Waals surface area contributed by atoms with E-state index in [1.165, 1.54) is 18.2 Å². The quantitative estimate of drug-likeness (QED) is 0.529. The van der Waals surface area contributed by atoms with Crippen molar-refractivity contribution < 1.29 is 23.5 Å². The molecule has 0 radical (unpaired) electrons. The third kappa shape index (κ3) is 6.93. The van der Waals surface area contributed by atoms with Crippen molar-refractivity contribution in [3.8, 4) is 5.75 Å². The lowest BCUT2D eigenvalue weighted by atomic mass is 10.3. The van der Waals surface area contributed by atoms with Gasteiger partial charge < -0.3 is 14.8 Å². The zero-order valence-corrected chi connectivity index (χ0v) is 14.9. The van der Waals surface area contributed by atoms with Gasteiger partial charge in [-0.15, -0.1) is 0 Å². The predicted molar refractivity (Wildman–Crippen MR) is 94.9 cm³/mol. The molecule has 1 amide bonds. The second kappa shape index (κ2) is 9.78. The lowest BCUT2D eigenvalue weighted by Crippen LogP contribution is -2.21. The monoisotopic (exact) mass is 409 g/mol. The number of hydrogen-bond acceptors (Lipinski definition) is 4. The molecule has 1 N–H and O–H groups in total. The molecular formula is C18H17BrFNO4. The van der Waals surface area contributed by atoms with Gasteiger partial charge in [-0.3, -0.25) is 9.59 Å². The second-order valence-corrected chi connectivity index (χ2v) is 6.01. The maximum Gasteiger partial charge on any atom is 0.306 e. The first-order chi connectivity index (χ1) is 12.0. The highest BCUT2D eigenvalue weighted by atomic mass is 79.9. The first kappa shape index (κ1) is 18.9. The van der Waals surface area contributed by atoms with Crippen LogP contribution in [0.25, 0.3) is 0 Å². The number of amides is 1. The van der Waals surface area contributed by atoms with Gasteiger partial charge in [0.2, 0.25) is 0 Å². The van der Waals surface area contributed by atoms with Crippen LogP contribution in [0.3, 0.4) is 0 Å². The van der Waals surface area contributed by atoms with E-state index in [1.807, 2.05) is 24.3 Å². The summed E-state index contributed by atoms with van der Waals surface area (Å²) < 4.78 is 24.7. The molecule has 0 bridgehead atoms. The molecule has 0 unspecified atom stereocenters. The highest BCUT2D eigenvalue weighted by Crippen LogP contribution is 2.16. The summed E-state index contributed by atoms with van der Waals surface area (Å²) in [6.45, 7) is -0.0983. The number of rotatable bonds is 8. The average Bonchev–Trinajstić information content (AvgIpc) is 2.60. The van der Waals surface area contributed by atoms with E-state index in [2.05, 4.69) is 21.2 Å². The Balaban J connectivity index is 1.61. The molecular weight excluding hydrogens is 393 g/mol. The summed E-state index contributed by atoms with van der Waals surface area (Å²) in [5, 5.41) is 2.34. The van der Waals surface area contributed by atoms with E-state index in [0.29, 0.717) is 18.8 Å². The fourth-order valence-electron chi connectivity index (χ4n) is 1.90. The van der Waals surface area contributed by atoms with Crippen molar-refractivity contribution >= 4 is 33.5 Å². The minimum absolute atomic E-state index is 0.0476. The molecule has 7 heteroatoms. The summed E-state index contributed by atoms with van der Waals surface area (Å²) in [5.41, 5.74) is 0.0476. The number of carbonyl (C=O) groups excluding carboxylic acids is 2. The summed E-state index contributed by atoms with van der Waals surface area (Å²) in [7, 11) is 0. The molecule has 0 saturated carbocycles. The minimum Gasteiger partial charge on any atom is -0.494 e. The van der Waals surface area contributed by atoms with Crippen molar-refractivity contribution in [1.82, 2.24) is 0 Å². The van der Waals surface area contributed by atoms with Gasteiger partial charge >= 0.3 is 5.97 Å². The Kier molecular flexibility index (Phi) is 7.40. The van der Waals surface area contributed by atoms with E-state index < -0.39 is 24.3 Å². The Morgan fingerprint density at radius 1 is 1.08 bits per heavy atom. The zero-order valence-electron chi connectivity index (χ0n) is 13.3. The van der Waals surface area contributed by atoms with Crippen LogP contribution in [0.5, 0.6) is 5.75 Å². The third-order valence-corrected chi connectivity index (χ3v) is 3.65. The Bertz CT molecular complexity index is 721. The first-order valence-electron chi connectivity index (χ1n) is 7.63. The minimum atomic E-state index is -0.593. The molecule has 0 saturated heterocycles. The van der Waals surface area contributed by atoms with Gasteiger partial charge in [0.05, 0.1) is 12.3 Å². The summed E-state index contributed by atoms with van der Waals surface area (Å²) in [6, 6.07) is 13.1. The molecule has 132 valence electrons. The topological polar surface area (TPSA) is 64.6 Å². The standard InChI is InChI=1S/C18H17BrFNO4/c19-13-7-9-14(10-8-13)24-11-3-6-18(23)25-12-17(22)21-16-5-2-1-4-15(16)20/h1-2,4-5,7-10H,3,6,11-12H2,(H,21,22). The number of esters is 1. The summed E-state index contributed by atoms with van der Waals surface area (Å²) in [6.07, 6.45) is 0.591. The van der Waals surface area contributed by atoms with Crippen molar-refractivity contribution in [3.05, 3.63) is 58.8 Å². The fourth-order valence-corrected chi connectivity index (χ4v) is 2.17. The van der Waals surface area contributed by atoms with Crippen LogP contribution < -0.4 is 10.1 Å². The van der Waals surface area contributed by atoms with E-state index in [1.54, 1.807) is 6.07 Å². The Morgan fingerprint density at radius 2 is 1.80 bits per heavy atom. The molecule has 2 rings (SSSR count). The maximum atomic E-state index is 13.4. The summed E-state index contributed by atoms with van der Waals surface area (Å²) in [4.78, 5) is 23.2. The molecule has 2 aromatic rings. The zero-order chi connectivity index (χ0) is 18.1. The van der Waals surface area contributed by atoms with Gasteiger partial charge in [0.1, 0.15) is 11.6 Å². The summed E-state index contributed by atoms with van der Waals surface area (Å²) >= 11 is 3.33. The molecule has 0 heterocycles. The predicted octanol–water partition coefficient (Wildman–Crippen LogP) is 3.93. The third-order valence-electron chi connectivity index (χ3n) is 3.12. The van der Waals surface area contributed by atoms with Crippen LogP contribution in [0, 0.1) is 5.82 Å². The number of halogens is 2. The number of para-hydroxylation sites is 1. The molecule has 5 nitrogen and oxygen atoms in total. The number of carbonyl (C=O) groups is 2. The molecule has 0 spiro atoms. The van der Waals surface area contributed by atoms with Crippen molar-refractivity contribution in [2.24, 2.45) is 0 Å². The molecule has 0 aliphatic heterocycles. The molecule has 0 fully saturated rings. The molecule has 0 aromatic heterocycles. The summed E-state index contributed by atoms with van der Waals surface area (Å²) in [5.74, 6) is -0.944. The number of hydrogen-bond donors (Lipinski definition) is 1. The number of ether oxygens (including phenoxy) is 2. The second-order valence-electron chi connectivity index (χ2n) is 5.09. The lowest BCUT2D eigenvalue weighted by molar-refractivity contribution is -0.147. The van der Waals surface area contributed by atoms with Gasteiger partial charge in [-0.05, 0) is 42.8 Å². The number of nitrogens with one attached hydrogen (secondary N) is 1. The van der Waals surface area contributed by atoms with Crippen LogP contribution in [0.2, 0.25) is 0 Å². The van der Waals surface area contributed by atoms with Crippen LogP contribution >= 0.6 is 15.9 Å². The van der Waals surface area contributed by atoms with Gasteiger partial charge in [0.25, 0.3) is 5.91 Å². The van der Waals surface area contributed by atoms with Gasteiger partial charge in [0.15, 0.2) is 6.61 Å². The van der Waals surface area contributed by atoms with Crippen LogP contribution in [-0.2, 0) is 14.3 Å². The van der Waals surface area contributed by atoms with E-state index in [0.717, 1.165) is 4.47 Å². The Labute approximate surface area is 153 Å². The maximum absolute atomic E-state index is 13.4. The fraction of sp³-hybridized carbons (Fsp3) is 0.222. The first-order valence-corrected chi connectivity index (χ1v) is 8.42. The van der Waals surface area contributed by atoms with Crippen molar-refractivity contribution in [1.29, 1.82) is 0 Å². The molecule has 0 aliphatic carbocycles. The van der Waals surface area contributed by atoms with Crippen LogP contribution in [0.4, 0.5) is 10.1 Å². The number of benzene rings is 2.